The Morgan fingerprint density at radius 1 is 1.04 bits per heavy atom. The summed E-state index contributed by atoms with van der Waals surface area (Å²) in [5.74, 6) is 0.349. The second kappa shape index (κ2) is 6.70. The minimum atomic E-state index is -3.66. The smallest absolute Gasteiger partial charge is 0.253 e. The van der Waals surface area contributed by atoms with Crippen LogP contribution in [-0.2, 0) is 10.0 Å². The lowest BCUT2D eigenvalue weighted by atomic mass is 9.89. The van der Waals surface area contributed by atoms with Crippen LogP contribution in [0.3, 0.4) is 0 Å². The van der Waals surface area contributed by atoms with Crippen molar-refractivity contribution in [3.05, 3.63) is 59.9 Å². The Kier molecular flexibility index (Phi) is 4.64. The predicted octanol–water partition coefficient (Wildman–Crippen LogP) is 1.75. The Balaban J connectivity index is 1.64. The van der Waals surface area contributed by atoms with E-state index in [0.29, 0.717) is 24.6 Å². The van der Waals surface area contributed by atoms with Gasteiger partial charge in [-0.1, -0.05) is 12.1 Å². The van der Waals surface area contributed by atoms with E-state index in [1.54, 1.807) is 36.7 Å². The zero-order valence-corrected chi connectivity index (χ0v) is 13.9. The van der Waals surface area contributed by atoms with Crippen molar-refractivity contribution < 1.29 is 13.2 Å². The van der Waals surface area contributed by atoms with E-state index < -0.39 is 10.0 Å². The number of carbonyl (C=O) groups is 1. The van der Waals surface area contributed by atoms with E-state index in [-0.39, 0.29) is 10.8 Å². The van der Waals surface area contributed by atoms with Crippen LogP contribution in [0.5, 0.6) is 0 Å². The Hall–Kier alpha value is -2.25. The molecule has 0 atom stereocenters. The lowest BCUT2D eigenvalue weighted by molar-refractivity contribution is 0.0713. The SMILES string of the molecule is NS(=O)(=O)c1ccc(C2CCN(C(=O)c3ccncc3)CC2)cc1. The number of carbonyl (C=O) groups excluding carboxylic acids is 1. The average molecular weight is 345 g/mol. The van der Waals surface area contributed by atoms with E-state index in [1.807, 2.05) is 17.0 Å². The second-order valence-corrected chi connectivity index (χ2v) is 7.48. The van der Waals surface area contributed by atoms with Gasteiger partial charge < -0.3 is 4.90 Å². The van der Waals surface area contributed by atoms with Gasteiger partial charge in [0.15, 0.2) is 0 Å². The van der Waals surface area contributed by atoms with Crippen LogP contribution in [0.15, 0.2) is 53.7 Å². The Bertz CT molecular complexity index is 812. The van der Waals surface area contributed by atoms with E-state index in [1.165, 1.54) is 0 Å². The van der Waals surface area contributed by atoms with Crippen LogP contribution in [0.1, 0.15) is 34.7 Å². The van der Waals surface area contributed by atoms with Crippen LogP contribution in [0.2, 0.25) is 0 Å². The Labute approximate surface area is 141 Å². The van der Waals surface area contributed by atoms with Crippen molar-refractivity contribution in [2.45, 2.75) is 23.7 Å². The molecular formula is C17H19N3O3S. The maximum absolute atomic E-state index is 12.4. The van der Waals surface area contributed by atoms with Crippen LogP contribution < -0.4 is 5.14 Å². The van der Waals surface area contributed by atoms with Crippen LogP contribution in [-0.4, -0.2) is 37.3 Å². The molecule has 0 unspecified atom stereocenters. The van der Waals surface area contributed by atoms with Crippen molar-refractivity contribution >= 4 is 15.9 Å². The molecule has 24 heavy (non-hydrogen) atoms. The van der Waals surface area contributed by atoms with Gasteiger partial charge >= 0.3 is 0 Å². The maximum atomic E-state index is 12.4. The summed E-state index contributed by atoms with van der Waals surface area (Å²) >= 11 is 0. The zero-order chi connectivity index (χ0) is 17.2. The summed E-state index contributed by atoms with van der Waals surface area (Å²) in [6.07, 6.45) is 4.94. The first kappa shape index (κ1) is 16.6. The molecule has 0 saturated carbocycles. The molecule has 1 aromatic heterocycles. The largest absolute Gasteiger partial charge is 0.339 e. The molecule has 7 heteroatoms. The minimum Gasteiger partial charge on any atom is -0.339 e. The lowest BCUT2D eigenvalue weighted by Gasteiger charge is -2.32. The highest BCUT2D eigenvalue weighted by Gasteiger charge is 2.24. The van der Waals surface area contributed by atoms with Gasteiger partial charge in [0.25, 0.3) is 5.91 Å². The fourth-order valence-corrected chi connectivity index (χ4v) is 3.54. The van der Waals surface area contributed by atoms with Gasteiger partial charge in [0, 0.05) is 31.0 Å². The first-order valence-electron chi connectivity index (χ1n) is 7.77. The predicted molar refractivity (Wildman–Crippen MR) is 89.9 cm³/mol. The highest BCUT2D eigenvalue weighted by atomic mass is 32.2. The summed E-state index contributed by atoms with van der Waals surface area (Å²) in [7, 11) is -3.66. The number of sulfonamides is 1. The molecule has 1 aliphatic heterocycles. The third-order valence-electron chi connectivity index (χ3n) is 4.39. The van der Waals surface area contributed by atoms with Crippen LogP contribution >= 0.6 is 0 Å². The molecule has 3 rings (SSSR count). The van der Waals surface area contributed by atoms with Gasteiger partial charge in [-0.25, -0.2) is 13.6 Å². The number of primary sulfonamides is 1. The van der Waals surface area contributed by atoms with Gasteiger partial charge in [-0.15, -0.1) is 0 Å². The number of aromatic nitrogens is 1. The summed E-state index contributed by atoms with van der Waals surface area (Å²) < 4.78 is 22.6. The number of rotatable bonds is 3. The van der Waals surface area contributed by atoms with E-state index in [0.717, 1.165) is 18.4 Å². The summed E-state index contributed by atoms with van der Waals surface area (Å²) in [5, 5.41) is 5.12. The molecule has 2 N–H and O–H groups in total. The molecule has 0 radical (unpaired) electrons. The standard InChI is InChI=1S/C17H19N3O3S/c18-24(22,23)16-3-1-13(2-4-16)14-7-11-20(12-8-14)17(21)15-5-9-19-10-6-15/h1-6,9-10,14H,7-8,11-12H2,(H2,18,22,23). The van der Waals surface area contributed by atoms with E-state index in [2.05, 4.69) is 4.98 Å². The normalized spacial score (nSPS) is 16.1. The summed E-state index contributed by atoms with van der Waals surface area (Å²) in [5.41, 5.74) is 1.74. The van der Waals surface area contributed by atoms with E-state index in [9.17, 15) is 13.2 Å². The second-order valence-electron chi connectivity index (χ2n) is 5.92. The molecule has 0 aliphatic carbocycles. The number of amides is 1. The molecule has 1 aliphatic rings. The molecular weight excluding hydrogens is 326 g/mol. The fourth-order valence-electron chi connectivity index (χ4n) is 3.02. The number of pyridine rings is 1. The summed E-state index contributed by atoms with van der Waals surface area (Å²) in [4.78, 5) is 18.3. The number of benzene rings is 1. The van der Waals surface area contributed by atoms with Crippen molar-refractivity contribution in [1.29, 1.82) is 0 Å². The van der Waals surface area contributed by atoms with E-state index >= 15 is 0 Å². The fraction of sp³-hybridized carbons (Fsp3) is 0.294. The first-order valence-corrected chi connectivity index (χ1v) is 9.32. The number of likely N-dealkylation sites (tertiary alicyclic amines) is 1. The Morgan fingerprint density at radius 2 is 1.62 bits per heavy atom. The van der Waals surface area contributed by atoms with Gasteiger partial charge in [-0.2, -0.15) is 0 Å². The van der Waals surface area contributed by atoms with Crippen molar-refractivity contribution in [3.8, 4) is 0 Å². The topological polar surface area (TPSA) is 93.4 Å². The number of piperidine rings is 1. The molecule has 1 saturated heterocycles. The molecule has 1 aromatic carbocycles. The molecule has 2 aromatic rings. The van der Waals surface area contributed by atoms with Gasteiger partial charge in [-0.3, -0.25) is 9.78 Å². The van der Waals surface area contributed by atoms with Crippen molar-refractivity contribution in [3.63, 3.8) is 0 Å². The third kappa shape index (κ3) is 3.63. The molecule has 2 heterocycles. The van der Waals surface area contributed by atoms with Crippen molar-refractivity contribution in [1.82, 2.24) is 9.88 Å². The molecule has 0 spiro atoms. The number of nitrogens with two attached hydrogens (primary N) is 1. The summed E-state index contributed by atoms with van der Waals surface area (Å²) in [6, 6.07) is 10.1. The van der Waals surface area contributed by atoms with Crippen LogP contribution in [0, 0.1) is 0 Å². The first-order chi connectivity index (χ1) is 11.4. The molecule has 1 amide bonds. The average Bonchev–Trinajstić information content (AvgIpc) is 2.61. The zero-order valence-electron chi connectivity index (χ0n) is 13.1. The van der Waals surface area contributed by atoms with Crippen LogP contribution in [0.4, 0.5) is 0 Å². The van der Waals surface area contributed by atoms with Crippen molar-refractivity contribution in [2.75, 3.05) is 13.1 Å². The Morgan fingerprint density at radius 3 is 2.17 bits per heavy atom. The molecule has 0 bridgehead atoms. The van der Waals surface area contributed by atoms with Gasteiger partial charge in [0.05, 0.1) is 4.90 Å². The molecule has 126 valence electrons. The van der Waals surface area contributed by atoms with Crippen LogP contribution in [0.25, 0.3) is 0 Å². The molecule has 6 nitrogen and oxygen atoms in total. The highest BCUT2D eigenvalue weighted by molar-refractivity contribution is 7.89. The number of nitrogens with zero attached hydrogens (tertiary/aromatic N) is 2. The summed E-state index contributed by atoms with van der Waals surface area (Å²) in [6.45, 7) is 1.37. The number of hydrogen-bond acceptors (Lipinski definition) is 4. The van der Waals surface area contributed by atoms with Crippen molar-refractivity contribution in [2.24, 2.45) is 5.14 Å². The number of hydrogen-bond donors (Lipinski definition) is 1. The monoisotopic (exact) mass is 345 g/mol. The minimum absolute atomic E-state index is 0.0282. The quantitative estimate of drug-likeness (QED) is 0.917. The van der Waals surface area contributed by atoms with Gasteiger partial charge in [0.2, 0.25) is 10.0 Å². The maximum Gasteiger partial charge on any atom is 0.253 e. The third-order valence-corrected chi connectivity index (χ3v) is 5.32. The lowest BCUT2D eigenvalue weighted by Crippen LogP contribution is -2.37. The van der Waals surface area contributed by atoms with Gasteiger partial charge in [-0.05, 0) is 48.6 Å². The van der Waals surface area contributed by atoms with E-state index in [4.69, 9.17) is 5.14 Å². The molecule has 1 fully saturated rings. The highest BCUT2D eigenvalue weighted by Crippen LogP contribution is 2.29. The van der Waals surface area contributed by atoms with Gasteiger partial charge in [0.1, 0.15) is 0 Å².